The number of hydrogen-bond acceptors (Lipinski definition) is 5. The van der Waals surface area contributed by atoms with Crippen LogP contribution in [0.15, 0.2) is 29.6 Å². The van der Waals surface area contributed by atoms with Gasteiger partial charge in [0.05, 0.1) is 25.9 Å². The van der Waals surface area contributed by atoms with E-state index in [9.17, 15) is 5.11 Å². The summed E-state index contributed by atoms with van der Waals surface area (Å²) in [4.78, 5) is 4.59. The summed E-state index contributed by atoms with van der Waals surface area (Å²) in [7, 11) is 8.01. The quantitative estimate of drug-likeness (QED) is 0.514. The van der Waals surface area contributed by atoms with Crippen molar-refractivity contribution in [1.82, 2.24) is 10.3 Å². The lowest BCUT2D eigenvalue weighted by atomic mass is 9.72. The molecule has 0 aliphatic carbocycles. The number of rotatable bonds is 5. The highest BCUT2D eigenvalue weighted by Gasteiger charge is 2.48. The van der Waals surface area contributed by atoms with Gasteiger partial charge in [-0.2, -0.15) is 0 Å². The van der Waals surface area contributed by atoms with Gasteiger partial charge in [-0.05, 0) is 49.3 Å². The molecule has 3 aliphatic rings. The summed E-state index contributed by atoms with van der Waals surface area (Å²) in [6.45, 7) is 2.87. The molecule has 2 aromatic rings. The Balaban J connectivity index is 1.34. The average molecular weight is 415 g/mol. The van der Waals surface area contributed by atoms with Crippen LogP contribution in [0.25, 0.3) is 11.3 Å². The lowest BCUT2D eigenvalue weighted by molar-refractivity contribution is -0.846. The zero-order chi connectivity index (χ0) is 19.8. The molecule has 0 amide bonds. The van der Waals surface area contributed by atoms with Crippen LogP contribution < -0.4 is 15.4 Å². The molecular formula is C19H24BN4O2S2. The number of nitrogens with zero attached hydrogens (tertiary/aromatic N) is 2. The Kier molecular flexibility index (Phi) is 5.35. The van der Waals surface area contributed by atoms with Crippen LogP contribution in [-0.4, -0.2) is 66.5 Å². The maximum Gasteiger partial charge on any atom is 0.189 e. The van der Waals surface area contributed by atoms with Gasteiger partial charge >= 0.3 is 0 Å². The van der Waals surface area contributed by atoms with Gasteiger partial charge in [-0.1, -0.05) is 0 Å². The van der Waals surface area contributed by atoms with Crippen LogP contribution in [0.1, 0.15) is 12.8 Å². The molecule has 3 radical (unpaired) electrons. The molecule has 6 nitrogen and oxygen atoms in total. The van der Waals surface area contributed by atoms with Gasteiger partial charge in [-0.25, -0.2) is 13.0 Å². The van der Waals surface area contributed by atoms with Crippen molar-refractivity contribution in [2.75, 3.05) is 38.6 Å². The number of fused-ring (bicyclic) bond motifs is 3. The Morgan fingerprint density at radius 3 is 2.75 bits per heavy atom. The Bertz CT molecular complexity index is 852. The summed E-state index contributed by atoms with van der Waals surface area (Å²) in [6, 6.07) is 7.77. The third-order valence-corrected chi connectivity index (χ3v) is 6.86. The van der Waals surface area contributed by atoms with E-state index in [4.69, 9.17) is 24.9 Å². The molecule has 9 heteroatoms. The van der Waals surface area contributed by atoms with Crippen molar-refractivity contribution in [1.29, 1.82) is 0 Å². The summed E-state index contributed by atoms with van der Waals surface area (Å²) in [5.41, 5.74) is 1.08. The summed E-state index contributed by atoms with van der Waals surface area (Å²) in [5, 5.41) is 20.5. The summed E-state index contributed by atoms with van der Waals surface area (Å²) >= 11 is 6.90. The molecule has 3 aliphatic heterocycles. The van der Waals surface area contributed by atoms with Crippen LogP contribution in [0.2, 0.25) is 0 Å². The van der Waals surface area contributed by atoms with Gasteiger partial charge in [0.2, 0.25) is 0 Å². The molecule has 28 heavy (non-hydrogen) atoms. The summed E-state index contributed by atoms with van der Waals surface area (Å²) in [5.74, 6) is 1.10. The SMILES string of the molecule is [B-][N+]12CCC(CC1)C(O)(CNC(=S)Nc1nc(-c3ccc(OC)cc3)cs1)C2. The van der Waals surface area contributed by atoms with E-state index in [1.165, 1.54) is 11.3 Å². The number of aromatic nitrogens is 1. The standard InChI is InChI=1S/C19H23BN4O2S2/c1-26-15-4-2-13(3-5-15)16-10-28-18(22-16)23-17(27)21-11-19(25)12-24(20)8-6-14(19)7-9-24/h2-5,10,14,25H,6-9,11-12H2,1H3,(H-,21,22,23,27)/q-1/p+1. The van der Waals surface area contributed by atoms with Crippen molar-refractivity contribution in [2.45, 2.75) is 18.4 Å². The number of anilines is 1. The van der Waals surface area contributed by atoms with Gasteiger partial charge in [0, 0.05) is 30.0 Å². The number of hydrogen-bond donors (Lipinski definition) is 3. The van der Waals surface area contributed by atoms with Crippen molar-refractivity contribution in [3.8, 4) is 17.0 Å². The van der Waals surface area contributed by atoms with E-state index in [-0.39, 0.29) is 5.92 Å². The zero-order valence-electron chi connectivity index (χ0n) is 15.9. The van der Waals surface area contributed by atoms with Crippen molar-refractivity contribution < 1.29 is 14.2 Å². The van der Waals surface area contributed by atoms with E-state index in [2.05, 4.69) is 15.6 Å². The molecule has 4 heterocycles. The van der Waals surface area contributed by atoms with Crippen LogP contribution in [-0.2, 0) is 0 Å². The Morgan fingerprint density at radius 2 is 2.11 bits per heavy atom. The second-order valence-corrected chi connectivity index (χ2v) is 9.04. The molecule has 3 N–H and O–H groups in total. The van der Waals surface area contributed by atoms with E-state index in [1.807, 2.05) is 29.6 Å². The monoisotopic (exact) mass is 415 g/mol. The molecular weight excluding hydrogens is 391 g/mol. The van der Waals surface area contributed by atoms with Crippen LogP contribution in [0.4, 0.5) is 5.13 Å². The first-order valence-electron chi connectivity index (χ1n) is 9.41. The van der Waals surface area contributed by atoms with Gasteiger partial charge in [0.15, 0.2) is 10.2 Å². The number of quaternary nitrogens is 1. The van der Waals surface area contributed by atoms with Crippen molar-refractivity contribution in [2.24, 2.45) is 5.92 Å². The minimum Gasteiger partial charge on any atom is -0.586 e. The normalized spacial score (nSPS) is 28.8. The average Bonchev–Trinajstić information content (AvgIpc) is 3.15. The number of methoxy groups -OCH3 is 1. The van der Waals surface area contributed by atoms with Crippen LogP contribution >= 0.6 is 23.6 Å². The van der Waals surface area contributed by atoms with Crippen LogP contribution in [0.5, 0.6) is 5.75 Å². The van der Waals surface area contributed by atoms with Crippen molar-refractivity contribution in [3.05, 3.63) is 29.6 Å². The largest absolute Gasteiger partial charge is 0.586 e. The molecule has 1 atom stereocenters. The van der Waals surface area contributed by atoms with Crippen molar-refractivity contribution >= 4 is 41.8 Å². The lowest BCUT2D eigenvalue weighted by Gasteiger charge is -2.64. The Labute approximate surface area is 175 Å². The number of nitrogens with one attached hydrogen (secondary N) is 2. The Hall–Kier alpha value is -1.68. The molecule has 2 bridgehead atoms. The third-order valence-electron chi connectivity index (χ3n) is 5.86. The summed E-state index contributed by atoms with van der Waals surface area (Å²) in [6.07, 6.45) is 1.93. The molecule has 5 rings (SSSR count). The molecule has 3 saturated heterocycles. The highest BCUT2D eigenvalue weighted by Crippen LogP contribution is 2.38. The first-order valence-corrected chi connectivity index (χ1v) is 10.7. The third kappa shape index (κ3) is 4.03. The van der Waals surface area contributed by atoms with E-state index >= 15 is 0 Å². The topological polar surface area (TPSA) is 66.4 Å². The van der Waals surface area contributed by atoms with E-state index in [0.717, 1.165) is 42.9 Å². The fourth-order valence-electron chi connectivity index (χ4n) is 4.25. The molecule has 1 unspecified atom stereocenters. The fraction of sp³-hybridized carbons (Fsp3) is 0.474. The number of piperidine rings is 3. The van der Waals surface area contributed by atoms with Crippen LogP contribution in [0.3, 0.4) is 0 Å². The summed E-state index contributed by atoms with van der Waals surface area (Å²) < 4.78 is 5.65. The molecule has 1 aromatic carbocycles. The number of thiocarbonyl (C=S) groups is 1. The number of aliphatic hydroxyl groups is 1. The molecule has 3 fully saturated rings. The second kappa shape index (κ2) is 7.63. The van der Waals surface area contributed by atoms with Gasteiger partial charge in [-0.15, -0.1) is 11.3 Å². The predicted molar refractivity (Wildman–Crippen MR) is 117 cm³/mol. The fourth-order valence-corrected chi connectivity index (χ4v) is 5.21. The van der Waals surface area contributed by atoms with E-state index < -0.39 is 5.60 Å². The molecule has 0 spiro atoms. The maximum absolute atomic E-state index is 11.1. The predicted octanol–water partition coefficient (Wildman–Crippen LogP) is 2.16. The first-order chi connectivity index (χ1) is 13.4. The highest BCUT2D eigenvalue weighted by molar-refractivity contribution is 7.80. The second-order valence-electron chi connectivity index (χ2n) is 7.78. The van der Waals surface area contributed by atoms with Gasteiger partial charge in [0.1, 0.15) is 11.4 Å². The smallest absolute Gasteiger partial charge is 0.189 e. The van der Waals surface area contributed by atoms with E-state index in [0.29, 0.717) is 27.7 Å². The lowest BCUT2D eigenvalue weighted by Crippen LogP contribution is -2.70. The minimum atomic E-state index is -0.811. The molecule has 1 aromatic heterocycles. The minimum absolute atomic E-state index is 0.285. The van der Waals surface area contributed by atoms with E-state index in [1.54, 1.807) is 7.11 Å². The van der Waals surface area contributed by atoms with Crippen molar-refractivity contribution in [3.63, 3.8) is 0 Å². The maximum atomic E-state index is 11.1. The van der Waals surface area contributed by atoms with Gasteiger partial charge in [-0.3, -0.25) is 0 Å². The van der Waals surface area contributed by atoms with Gasteiger partial charge in [0.25, 0.3) is 0 Å². The Morgan fingerprint density at radius 1 is 1.39 bits per heavy atom. The number of benzene rings is 1. The first kappa shape index (κ1) is 19.6. The molecule has 0 saturated carbocycles. The highest BCUT2D eigenvalue weighted by atomic mass is 32.1. The molecule has 147 valence electrons. The number of thiazole rings is 1. The number of ether oxygens (including phenoxy) is 1. The zero-order valence-corrected chi connectivity index (χ0v) is 17.5. The van der Waals surface area contributed by atoms with Crippen LogP contribution in [0, 0.1) is 5.92 Å². The van der Waals surface area contributed by atoms with Gasteiger partial charge < -0.3 is 24.9 Å².